The molecule has 0 aliphatic carbocycles. The second-order valence-electron chi connectivity index (χ2n) is 8.88. The van der Waals surface area contributed by atoms with E-state index in [0.717, 1.165) is 11.8 Å². The van der Waals surface area contributed by atoms with Gasteiger partial charge < -0.3 is 29.4 Å². The number of nitrogens with zero attached hydrogens (tertiary/aromatic N) is 6. The largest absolute Gasteiger partial charge is 0.486 e. The number of morpholine rings is 1. The summed E-state index contributed by atoms with van der Waals surface area (Å²) in [6, 6.07) is 8.20. The van der Waals surface area contributed by atoms with Crippen molar-refractivity contribution in [1.29, 1.82) is 0 Å². The Morgan fingerprint density at radius 1 is 0.921 bits per heavy atom. The van der Waals surface area contributed by atoms with Gasteiger partial charge in [0.25, 0.3) is 0 Å². The molecule has 0 bridgehead atoms. The summed E-state index contributed by atoms with van der Waals surface area (Å²) in [4.78, 5) is 23.5. The summed E-state index contributed by atoms with van der Waals surface area (Å²) >= 11 is 0. The van der Waals surface area contributed by atoms with Crippen molar-refractivity contribution >= 4 is 34.0 Å². The number of rotatable bonds is 5. The van der Waals surface area contributed by atoms with Gasteiger partial charge in [-0.05, 0) is 24.3 Å². The Labute approximate surface area is 214 Å². The fourth-order valence-electron chi connectivity index (χ4n) is 4.61. The van der Waals surface area contributed by atoms with Crippen LogP contribution in [0.4, 0.5) is 20.5 Å². The summed E-state index contributed by atoms with van der Waals surface area (Å²) in [5.41, 5.74) is 2.31. The standard InChI is InChI=1S/C25H22F2N8O3/c26-15-2-3-16-21(20(15)27)31-19(30-16)12-28-23-22-24(33-25(32-23)34-5-7-36-8-6-34)35(13-29-22)14-1-4-17-18(11-14)38-10-9-37-17/h1-4,11,13H,5-10,12H2,(H,30,31)(H,28,32,33). The smallest absolute Gasteiger partial charge is 0.229 e. The Kier molecular flexibility index (Phi) is 5.43. The molecule has 0 spiro atoms. The molecule has 1 fully saturated rings. The molecule has 5 heterocycles. The zero-order chi connectivity index (χ0) is 25.6. The number of halogens is 2. The molecule has 11 nitrogen and oxygen atoms in total. The topological polar surface area (TPSA) is 115 Å². The minimum absolute atomic E-state index is 0.0495. The van der Waals surface area contributed by atoms with Crippen LogP contribution < -0.4 is 19.7 Å². The van der Waals surface area contributed by atoms with E-state index in [-0.39, 0.29) is 12.1 Å². The van der Waals surface area contributed by atoms with Gasteiger partial charge in [0.1, 0.15) is 30.9 Å². The van der Waals surface area contributed by atoms with E-state index in [2.05, 4.69) is 25.2 Å². The van der Waals surface area contributed by atoms with Gasteiger partial charge in [-0.3, -0.25) is 4.57 Å². The highest BCUT2D eigenvalue weighted by molar-refractivity contribution is 5.86. The van der Waals surface area contributed by atoms with Crippen molar-refractivity contribution in [3.05, 3.63) is 54.1 Å². The van der Waals surface area contributed by atoms with E-state index in [0.29, 0.717) is 85.3 Å². The first-order valence-corrected chi connectivity index (χ1v) is 12.2. The number of imidazole rings is 2. The van der Waals surface area contributed by atoms with Crippen LogP contribution in [-0.2, 0) is 11.3 Å². The molecule has 194 valence electrons. The van der Waals surface area contributed by atoms with Gasteiger partial charge in [-0.1, -0.05) is 0 Å². The molecule has 13 heteroatoms. The van der Waals surface area contributed by atoms with Crippen molar-refractivity contribution in [2.24, 2.45) is 0 Å². The maximum atomic E-state index is 14.2. The molecule has 5 aromatic rings. The van der Waals surface area contributed by atoms with Crippen LogP contribution in [0.5, 0.6) is 11.5 Å². The molecule has 2 N–H and O–H groups in total. The molecular formula is C25H22F2N8O3. The lowest BCUT2D eigenvalue weighted by Crippen LogP contribution is -2.37. The second-order valence-corrected chi connectivity index (χ2v) is 8.88. The summed E-state index contributed by atoms with van der Waals surface area (Å²) in [6.07, 6.45) is 1.68. The molecule has 2 aromatic carbocycles. The summed E-state index contributed by atoms with van der Waals surface area (Å²) < 4.78 is 46.6. The number of ether oxygens (including phenoxy) is 3. The number of hydrogen-bond acceptors (Lipinski definition) is 9. The zero-order valence-electron chi connectivity index (χ0n) is 20.1. The van der Waals surface area contributed by atoms with E-state index in [1.54, 1.807) is 6.33 Å². The van der Waals surface area contributed by atoms with Crippen molar-refractivity contribution in [3.63, 3.8) is 0 Å². The molecule has 38 heavy (non-hydrogen) atoms. The summed E-state index contributed by atoms with van der Waals surface area (Å²) in [5, 5.41) is 3.25. The predicted octanol–water partition coefficient (Wildman–Crippen LogP) is 3.19. The molecule has 0 unspecified atom stereocenters. The Hall–Kier alpha value is -4.52. The summed E-state index contributed by atoms with van der Waals surface area (Å²) in [7, 11) is 0. The van der Waals surface area contributed by atoms with Crippen LogP contribution in [0.3, 0.4) is 0 Å². The SMILES string of the molecule is Fc1ccc2[nH]c(CNc3nc(N4CCOCC4)nc4c3ncn4-c3ccc4c(c3)OCCO4)nc2c1F. The third-order valence-electron chi connectivity index (χ3n) is 6.50. The molecule has 2 aliphatic rings. The van der Waals surface area contributed by atoms with E-state index in [9.17, 15) is 8.78 Å². The van der Waals surface area contributed by atoms with Gasteiger partial charge in [0, 0.05) is 19.2 Å². The van der Waals surface area contributed by atoms with Gasteiger partial charge in [-0.2, -0.15) is 9.97 Å². The summed E-state index contributed by atoms with van der Waals surface area (Å²) in [6.45, 7) is 3.63. The van der Waals surface area contributed by atoms with E-state index in [1.165, 1.54) is 6.07 Å². The monoisotopic (exact) mass is 520 g/mol. The third-order valence-corrected chi connectivity index (χ3v) is 6.50. The normalized spacial score (nSPS) is 15.4. The maximum absolute atomic E-state index is 14.2. The quantitative estimate of drug-likeness (QED) is 0.361. The molecule has 3 aromatic heterocycles. The first-order chi connectivity index (χ1) is 18.6. The lowest BCUT2D eigenvalue weighted by molar-refractivity contribution is 0.122. The Balaban J connectivity index is 1.28. The van der Waals surface area contributed by atoms with E-state index >= 15 is 0 Å². The summed E-state index contributed by atoms with van der Waals surface area (Å²) in [5.74, 6) is 0.862. The highest BCUT2D eigenvalue weighted by atomic mass is 19.2. The fraction of sp³-hybridized carbons (Fsp3) is 0.280. The van der Waals surface area contributed by atoms with Crippen LogP contribution in [0.15, 0.2) is 36.7 Å². The van der Waals surface area contributed by atoms with E-state index < -0.39 is 11.6 Å². The average Bonchev–Trinajstić information content (AvgIpc) is 3.59. The van der Waals surface area contributed by atoms with Crippen molar-refractivity contribution < 1.29 is 23.0 Å². The Morgan fingerprint density at radius 3 is 2.63 bits per heavy atom. The molecule has 0 amide bonds. The fourth-order valence-corrected chi connectivity index (χ4v) is 4.61. The number of benzene rings is 2. The number of aromatic amines is 1. The lowest BCUT2D eigenvalue weighted by Gasteiger charge is -2.27. The predicted molar refractivity (Wildman–Crippen MR) is 134 cm³/mol. The van der Waals surface area contributed by atoms with E-state index in [4.69, 9.17) is 24.2 Å². The number of H-pyrrole nitrogens is 1. The Bertz CT molecular complexity index is 1660. The lowest BCUT2D eigenvalue weighted by atomic mass is 10.2. The second kappa shape index (κ2) is 9.10. The van der Waals surface area contributed by atoms with Crippen molar-refractivity contribution in [2.75, 3.05) is 49.7 Å². The Morgan fingerprint density at radius 2 is 1.76 bits per heavy atom. The molecule has 1 saturated heterocycles. The molecule has 0 atom stereocenters. The van der Waals surface area contributed by atoms with Crippen LogP contribution in [-0.4, -0.2) is 69.0 Å². The van der Waals surface area contributed by atoms with Gasteiger partial charge in [0.15, 0.2) is 40.1 Å². The number of aromatic nitrogens is 6. The van der Waals surface area contributed by atoms with Gasteiger partial charge in [-0.25, -0.2) is 18.7 Å². The number of fused-ring (bicyclic) bond motifs is 3. The molecule has 0 saturated carbocycles. The van der Waals surface area contributed by atoms with Gasteiger partial charge in [0.05, 0.1) is 31.0 Å². The maximum Gasteiger partial charge on any atom is 0.229 e. The molecule has 2 aliphatic heterocycles. The number of nitrogens with one attached hydrogen (secondary N) is 2. The van der Waals surface area contributed by atoms with Crippen molar-refractivity contribution in [3.8, 4) is 17.2 Å². The van der Waals surface area contributed by atoms with Crippen LogP contribution in [0.25, 0.3) is 27.9 Å². The van der Waals surface area contributed by atoms with E-state index in [1.807, 2.05) is 22.8 Å². The molecule has 0 radical (unpaired) electrons. The number of anilines is 2. The first-order valence-electron chi connectivity index (χ1n) is 12.2. The molecular weight excluding hydrogens is 498 g/mol. The highest BCUT2D eigenvalue weighted by Crippen LogP contribution is 2.33. The van der Waals surface area contributed by atoms with Crippen LogP contribution in [0, 0.1) is 11.6 Å². The minimum Gasteiger partial charge on any atom is -0.486 e. The van der Waals surface area contributed by atoms with Gasteiger partial charge >= 0.3 is 0 Å². The highest BCUT2D eigenvalue weighted by Gasteiger charge is 2.21. The van der Waals surface area contributed by atoms with Crippen LogP contribution in [0.1, 0.15) is 5.82 Å². The zero-order valence-corrected chi connectivity index (χ0v) is 20.1. The third kappa shape index (κ3) is 3.91. The van der Waals surface area contributed by atoms with Crippen molar-refractivity contribution in [1.82, 2.24) is 29.5 Å². The van der Waals surface area contributed by atoms with Crippen molar-refractivity contribution in [2.45, 2.75) is 6.54 Å². The van der Waals surface area contributed by atoms with Gasteiger partial charge in [-0.15, -0.1) is 0 Å². The van der Waals surface area contributed by atoms with Crippen LogP contribution in [0.2, 0.25) is 0 Å². The minimum atomic E-state index is -0.984. The average molecular weight is 521 g/mol. The van der Waals surface area contributed by atoms with Gasteiger partial charge in [0.2, 0.25) is 5.95 Å². The van der Waals surface area contributed by atoms with Crippen LogP contribution >= 0.6 is 0 Å². The first kappa shape index (κ1) is 22.7. The number of hydrogen-bond donors (Lipinski definition) is 2. The molecule has 7 rings (SSSR count).